The lowest BCUT2D eigenvalue weighted by Gasteiger charge is -2.15. The van der Waals surface area contributed by atoms with E-state index in [0.717, 1.165) is 10.5 Å². The first-order valence-electron chi connectivity index (χ1n) is 7.44. The molecule has 0 saturated heterocycles. The highest BCUT2D eigenvalue weighted by atomic mass is 32.2. The van der Waals surface area contributed by atoms with Crippen LogP contribution in [0.4, 0.5) is 4.39 Å². The fourth-order valence-electron chi connectivity index (χ4n) is 1.83. The van der Waals surface area contributed by atoms with E-state index in [4.69, 9.17) is 4.74 Å². The molecule has 0 aliphatic heterocycles. The summed E-state index contributed by atoms with van der Waals surface area (Å²) in [6.07, 6.45) is 1.80. The van der Waals surface area contributed by atoms with E-state index in [2.05, 4.69) is 36.4 Å². The molecule has 1 heterocycles. The van der Waals surface area contributed by atoms with Crippen LogP contribution in [-0.2, 0) is 13.2 Å². The number of ether oxygens (including phenoxy) is 1. The summed E-state index contributed by atoms with van der Waals surface area (Å²) in [5.41, 5.74) is 0. The quantitative estimate of drug-likeness (QED) is 0.407. The van der Waals surface area contributed by atoms with Gasteiger partial charge in [0.2, 0.25) is 0 Å². The standard InChI is InChI=1S/C16H22FN3OSSi/c1-5-10-20-15(11-21-14-9-7-6-8-13(14)17)18-19-16(20)22-12-23(2,3)4/h5-9H,1,10-12H2,2-4H3. The molecule has 0 bridgehead atoms. The molecule has 2 rings (SSSR count). The van der Waals surface area contributed by atoms with Gasteiger partial charge in [-0.1, -0.05) is 49.6 Å². The van der Waals surface area contributed by atoms with E-state index in [-0.39, 0.29) is 18.2 Å². The van der Waals surface area contributed by atoms with E-state index in [0.29, 0.717) is 12.4 Å². The number of nitrogens with zero attached hydrogens (tertiary/aromatic N) is 3. The molecule has 1 aromatic carbocycles. The van der Waals surface area contributed by atoms with Crippen molar-refractivity contribution in [2.24, 2.45) is 0 Å². The van der Waals surface area contributed by atoms with Gasteiger partial charge in [0.15, 0.2) is 22.5 Å². The molecule has 124 valence electrons. The number of hydrogen-bond acceptors (Lipinski definition) is 4. The number of rotatable bonds is 8. The number of hydrogen-bond donors (Lipinski definition) is 0. The molecule has 0 aliphatic carbocycles. The van der Waals surface area contributed by atoms with Gasteiger partial charge in [-0.25, -0.2) is 4.39 Å². The van der Waals surface area contributed by atoms with Gasteiger partial charge in [-0.3, -0.25) is 4.57 Å². The lowest BCUT2D eigenvalue weighted by atomic mass is 10.3. The average molecular weight is 352 g/mol. The van der Waals surface area contributed by atoms with Crippen molar-refractivity contribution in [1.82, 2.24) is 14.8 Å². The maximum absolute atomic E-state index is 13.6. The number of benzene rings is 1. The molecule has 0 amide bonds. The van der Waals surface area contributed by atoms with Gasteiger partial charge in [0.25, 0.3) is 0 Å². The van der Waals surface area contributed by atoms with Gasteiger partial charge in [-0.15, -0.1) is 16.8 Å². The highest BCUT2D eigenvalue weighted by Crippen LogP contribution is 2.22. The first-order chi connectivity index (χ1) is 10.9. The van der Waals surface area contributed by atoms with E-state index in [1.807, 2.05) is 4.57 Å². The normalized spacial score (nSPS) is 11.5. The first kappa shape index (κ1) is 17.7. The van der Waals surface area contributed by atoms with Crippen molar-refractivity contribution in [2.45, 2.75) is 37.9 Å². The Kier molecular flexibility index (Phi) is 6.01. The molecule has 0 aliphatic rings. The summed E-state index contributed by atoms with van der Waals surface area (Å²) in [6.45, 7) is 11.5. The second-order valence-corrected chi connectivity index (χ2v) is 13.3. The summed E-state index contributed by atoms with van der Waals surface area (Å²) in [5.74, 6) is 0.513. The topological polar surface area (TPSA) is 39.9 Å². The van der Waals surface area contributed by atoms with Crippen molar-refractivity contribution in [3.63, 3.8) is 0 Å². The molecule has 23 heavy (non-hydrogen) atoms. The van der Waals surface area contributed by atoms with Crippen LogP contribution in [0, 0.1) is 5.82 Å². The van der Waals surface area contributed by atoms with Gasteiger partial charge < -0.3 is 4.74 Å². The molecular formula is C16H22FN3OSSi. The van der Waals surface area contributed by atoms with Crippen molar-refractivity contribution in [3.05, 3.63) is 48.6 Å². The summed E-state index contributed by atoms with van der Waals surface area (Å²) in [5, 5.41) is 10.4. The molecule has 1 aromatic heterocycles. The van der Waals surface area contributed by atoms with E-state index >= 15 is 0 Å². The van der Waals surface area contributed by atoms with Gasteiger partial charge >= 0.3 is 0 Å². The lowest BCUT2D eigenvalue weighted by Crippen LogP contribution is -2.24. The van der Waals surface area contributed by atoms with Gasteiger partial charge in [0, 0.05) is 6.54 Å². The zero-order chi connectivity index (χ0) is 16.9. The van der Waals surface area contributed by atoms with Crippen LogP contribution in [0.3, 0.4) is 0 Å². The summed E-state index contributed by atoms with van der Waals surface area (Å²) >= 11 is 1.71. The highest BCUT2D eigenvalue weighted by molar-refractivity contribution is 8.00. The third-order valence-corrected chi connectivity index (χ3v) is 7.53. The molecule has 0 fully saturated rings. The predicted octanol–water partition coefficient (Wildman–Crippen LogP) is 4.15. The predicted molar refractivity (Wildman–Crippen MR) is 95.0 cm³/mol. The molecule has 0 unspecified atom stereocenters. The van der Waals surface area contributed by atoms with E-state index < -0.39 is 8.07 Å². The molecular weight excluding hydrogens is 329 g/mol. The molecule has 2 aromatic rings. The minimum absolute atomic E-state index is 0.176. The number of allylic oxidation sites excluding steroid dienone is 1. The molecule has 0 spiro atoms. The Hall–Kier alpha value is -1.60. The van der Waals surface area contributed by atoms with E-state index in [1.54, 1.807) is 36.0 Å². The average Bonchev–Trinajstić information content (AvgIpc) is 2.86. The van der Waals surface area contributed by atoms with Gasteiger partial charge in [-0.2, -0.15) is 0 Å². The van der Waals surface area contributed by atoms with Crippen molar-refractivity contribution in [1.29, 1.82) is 0 Å². The third kappa shape index (κ3) is 5.21. The fourth-order valence-corrected chi connectivity index (χ4v) is 4.51. The van der Waals surface area contributed by atoms with Crippen LogP contribution >= 0.6 is 11.8 Å². The van der Waals surface area contributed by atoms with Crippen LogP contribution in [0.5, 0.6) is 5.75 Å². The number of thioether (sulfide) groups is 1. The van der Waals surface area contributed by atoms with Crippen molar-refractivity contribution in [3.8, 4) is 5.75 Å². The zero-order valence-electron chi connectivity index (χ0n) is 13.8. The lowest BCUT2D eigenvalue weighted by molar-refractivity contribution is 0.275. The van der Waals surface area contributed by atoms with Crippen LogP contribution < -0.4 is 4.74 Å². The summed E-state index contributed by atoms with van der Waals surface area (Å²) in [6, 6.07) is 6.35. The van der Waals surface area contributed by atoms with Gasteiger partial charge in [0.1, 0.15) is 6.61 Å². The Balaban J connectivity index is 2.10. The summed E-state index contributed by atoms with van der Waals surface area (Å²) in [7, 11) is -1.18. The Bertz CT molecular complexity index is 670. The first-order valence-corrected chi connectivity index (χ1v) is 12.1. The highest BCUT2D eigenvalue weighted by Gasteiger charge is 2.18. The Morgan fingerprint density at radius 2 is 2.04 bits per heavy atom. The molecule has 0 saturated carbocycles. The van der Waals surface area contributed by atoms with E-state index in [1.165, 1.54) is 6.07 Å². The Morgan fingerprint density at radius 1 is 1.30 bits per heavy atom. The van der Waals surface area contributed by atoms with Crippen LogP contribution in [0.25, 0.3) is 0 Å². The Labute approximate surface area is 141 Å². The maximum atomic E-state index is 13.6. The number of halogens is 1. The zero-order valence-corrected chi connectivity index (χ0v) is 15.6. The Morgan fingerprint density at radius 3 is 2.70 bits per heavy atom. The third-order valence-electron chi connectivity index (χ3n) is 2.93. The van der Waals surface area contributed by atoms with Crippen LogP contribution in [-0.4, -0.2) is 28.2 Å². The van der Waals surface area contributed by atoms with Gasteiger partial charge in [0.05, 0.1) is 8.07 Å². The molecule has 4 nitrogen and oxygen atoms in total. The van der Waals surface area contributed by atoms with Crippen LogP contribution in [0.1, 0.15) is 5.82 Å². The van der Waals surface area contributed by atoms with Crippen molar-refractivity contribution < 1.29 is 9.13 Å². The van der Waals surface area contributed by atoms with Crippen molar-refractivity contribution in [2.75, 3.05) is 5.38 Å². The second-order valence-electron chi connectivity index (χ2n) is 6.37. The maximum Gasteiger partial charge on any atom is 0.191 e. The summed E-state index contributed by atoms with van der Waals surface area (Å²) in [4.78, 5) is 0. The molecule has 0 radical (unpaired) electrons. The number of aromatic nitrogens is 3. The SMILES string of the molecule is C=CCn1c(COc2ccccc2F)nnc1SC[Si](C)(C)C. The molecule has 0 N–H and O–H groups in total. The van der Waals surface area contributed by atoms with Gasteiger partial charge in [-0.05, 0) is 17.5 Å². The molecule has 7 heteroatoms. The van der Waals surface area contributed by atoms with Crippen molar-refractivity contribution >= 4 is 19.8 Å². The smallest absolute Gasteiger partial charge is 0.191 e. The van der Waals surface area contributed by atoms with Crippen LogP contribution in [0.2, 0.25) is 19.6 Å². The van der Waals surface area contributed by atoms with Crippen LogP contribution in [0.15, 0.2) is 42.1 Å². The minimum Gasteiger partial charge on any atom is -0.483 e. The molecule has 0 atom stereocenters. The fraction of sp³-hybridized carbons (Fsp3) is 0.375. The number of para-hydroxylation sites is 1. The minimum atomic E-state index is -1.18. The second kappa shape index (κ2) is 7.78. The largest absolute Gasteiger partial charge is 0.483 e. The van der Waals surface area contributed by atoms with E-state index in [9.17, 15) is 4.39 Å². The monoisotopic (exact) mass is 351 g/mol. The summed E-state index contributed by atoms with van der Waals surface area (Å²) < 4.78 is 21.1.